The van der Waals surface area contributed by atoms with Crippen molar-refractivity contribution in [1.82, 2.24) is 10.0 Å². The first kappa shape index (κ1) is 25.1. The Bertz CT molecular complexity index is 996. The zero-order valence-electron chi connectivity index (χ0n) is 17.5. The molecule has 0 spiro atoms. The van der Waals surface area contributed by atoms with Gasteiger partial charge in [0.25, 0.3) is 15.9 Å². The molecule has 174 valence electrons. The molecule has 1 aliphatic rings. The molecule has 1 fully saturated rings. The first-order chi connectivity index (χ1) is 14.3. The summed E-state index contributed by atoms with van der Waals surface area (Å²) in [5.74, 6) is -1.80. The standard InChI is InChI=1S/C19H27FN2O7S2/c1-12(2)18(20)19(24)22-31(27,28)16-6-4-15(5-7-16)29-9-8-17(23)21-13(3)14-10-30(25,26)11-14/h4-7,12-14,18H,8-11H2,1-3H3,(H,21,23)(H,22,24). The molecule has 1 aliphatic heterocycles. The maximum absolute atomic E-state index is 13.7. The van der Waals surface area contributed by atoms with Crippen molar-refractivity contribution >= 4 is 31.7 Å². The largest absolute Gasteiger partial charge is 0.493 e. The van der Waals surface area contributed by atoms with Crippen molar-refractivity contribution in [2.75, 3.05) is 18.1 Å². The number of carbonyl (C=O) groups excluding carboxylic acids is 2. The van der Waals surface area contributed by atoms with E-state index in [1.54, 1.807) is 11.6 Å². The molecule has 0 aromatic heterocycles. The molecule has 1 saturated heterocycles. The predicted molar refractivity (Wildman–Crippen MR) is 111 cm³/mol. The van der Waals surface area contributed by atoms with Gasteiger partial charge in [-0.25, -0.2) is 25.9 Å². The van der Waals surface area contributed by atoms with Crippen molar-refractivity contribution in [2.24, 2.45) is 11.8 Å². The highest BCUT2D eigenvalue weighted by Gasteiger charge is 2.37. The van der Waals surface area contributed by atoms with E-state index < -0.39 is 37.9 Å². The number of sulfonamides is 1. The molecule has 1 heterocycles. The average Bonchev–Trinajstić information content (AvgIpc) is 2.65. The summed E-state index contributed by atoms with van der Waals surface area (Å²) < 4.78 is 67.5. The van der Waals surface area contributed by atoms with Crippen LogP contribution in [0.25, 0.3) is 0 Å². The maximum atomic E-state index is 13.7. The molecule has 12 heteroatoms. The number of ether oxygens (including phenoxy) is 1. The molecule has 2 atom stereocenters. The summed E-state index contributed by atoms with van der Waals surface area (Å²) in [6, 6.07) is 4.86. The van der Waals surface area contributed by atoms with Crippen LogP contribution >= 0.6 is 0 Å². The summed E-state index contributed by atoms with van der Waals surface area (Å²) in [6.07, 6.45) is -1.91. The molecule has 0 aliphatic carbocycles. The van der Waals surface area contributed by atoms with E-state index in [2.05, 4.69) is 5.32 Å². The fraction of sp³-hybridized carbons (Fsp3) is 0.579. The Kier molecular flexibility index (Phi) is 8.04. The van der Waals surface area contributed by atoms with Crippen LogP contribution in [0.2, 0.25) is 0 Å². The van der Waals surface area contributed by atoms with Gasteiger partial charge in [0.05, 0.1) is 29.4 Å². The minimum Gasteiger partial charge on any atom is -0.493 e. The Morgan fingerprint density at radius 3 is 2.26 bits per heavy atom. The molecule has 2 amide bonds. The van der Waals surface area contributed by atoms with Gasteiger partial charge in [-0.05, 0) is 37.1 Å². The second-order valence-electron chi connectivity index (χ2n) is 7.88. The normalized spacial score (nSPS) is 18.0. The highest BCUT2D eigenvalue weighted by molar-refractivity contribution is 7.92. The van der Waals surface area contributed by atoms with Crippen molar-refractivity contribution in [3.8, 4) is 5.75 Å². The third-order valence-corrected chi connectivity index (χ3v) is 8.07. The van der Waals surface area contributed by atoms with Crippen molar-refractivity contribution in [2.45, 2.75) is 44.3 Å². The van der Waals surface area contributed by atoms with E-state index >= 15 is 0 Å². The van der Waals surface area contributed by atoms with Crippen molar-refractivity contribution < 1.29 is 35.6 Å². The first-order valence-corrected chi connectivity index (χ1v) is 13.0. The van der Waals surface area contributed by atoms with E-state index in [9.17, 15) is 30.8 Å². The number of sulfone groups is 1. The summed E-state index contributed by atoms with van der Waals surface area (Å²) in [5, 5.41) is 2.74. The molecule has 0 saturated carbocycles. The van der Waals surface area contributed by atoms with Crippen LogP contribution < -0.4 is 14.8 Å². The van der Waals surface area contributed by atoms with Gasteiger partial charge in [-0.15, -0.1) is 0 Å². The van der Waals surface area contributed by atoms with Gasteiger partial charge in [0.1, 0.15) is 5.75 Å². The Morgan fingerprint density at radius 2 is 1.74 bits per heavy atom. The van der Waals surface area contributed by atoms with E-state index in [0.717, 1.165) is 0 Å². The number of amides is 2. The number of alkyl halides is 1. The molecule has 1 aromatic carbocycles. The summed E-state index contributed by atoms with van der Waals surface area (Å²) >= 11 is 0. The van der Waals surface area contributed by atoms with Crippen LogP contribution in [0, 0.1) is 11.8 Å². The van der Waals surface area contributed by atoms with Gasteiger partial charge in [-0.1, -0.05) is 13.8 Å². The number of hydrogen-bond acceptors (Lipinski definition) is 7. The zero-order chi connectivity index (χ0) is 23.4. The first-order valence-electron chi connectivity index (χ1n) is 9.74. The molecule has 0 radical (unpaired) electrons. The number of hydrogen-bond donors (Lipinski definition) is 2. The van der Waals surface area contributed by atoms with Crippen LogP contribution in [0.3, 0.4) is 0 Å². The smallest absolute Gasteiger partial charge is 0.268 e. The van der Waals surface area contributed by atoms with E-state index in [1.807, 2.05) is 0 Å². The highest BCUT2D eigenvalue weighted by Crippen LogP contribution is 2.21. The number of halogens is 1. The maximum Gasteiger partial charge on any atom is 0.268 e. The highest BCUT2D eigenvalue weighted by atomic mass is 32.2. The summed E-state index contributed by atoms with van der Waals surface area (Å²) in [6.45, 7) is 4.70. The lowest BCUT2D eigenvalue weighted by molar-refractivity contribution is -0.125. The number of benzene rings is 1. The quantitative estimate of drug-likeness (QED) is 0.508. The molecular weight excluding hydrogens is 451 g/mol. The van der Waals surface area contributed by atoms with Gasteiger partial charge in [-0.2, -0.15) is 0 Å². The molecule has 0 bridgehead atoms. The second-order valence-corrected chi connectivity index (χ2v) is 11.7. The van der Waals surface area contributed by atoms with Crippen molar-refractivity contribution in [1.29, 1.82) is 0 Å². The molecule has 2 rings (SSSR count). The van der Waals surface area contributed by atoms with Crippen molar-refractivity contribution in [3.63, 3.8) is 0 Å². The molecular formula is C19H27FN2O7S2. The van der Waals surface area contributed by atoms with E-state index in [1.165, 1.54) is 38.1 Å². The SMILES string of the molecule is CC(C)C(F)C(=O)NS(=O)(=O)c1ccc(OCCC(=O)NC(C)C2CS(=O)(=O)C2)cc1. The second kappa shape index (κ2) is 9.94. The summed E-state index contributed by atoms with van der Waals surface area (Å²) in [4.78, 5) is 23.4. The number of nitrogens with one attached hydrogen (secondary N) is 2. The molecule has 31 heavy (non-hydrogen) atoms. The van der Waals surface area contributed by atoms with E-state index in [0.29, 0.717) is 5.75 Å². The van der Waals surface area contributed by atoms with Gasteiger partial charge >= 0.3 is 0 Å². The summed E-state index contributed by atoms with van der Waals surface area (Å²) in [7, 11) is -7.17. The van der Waals surface area contributed by atoms with Crippen LogP contribution in [0.15, 0.2) is 29.2 Å². The topological polar surface area (TPSA) is 136 Å². The van der Waals surface area contributed by atoms with E-state index in [4.69, 9.17) is 4.74 Å². The fourth-order valence-electron chi connectivity index (χ4n) is 2.86. The van der Waals surface area contributed by atoms with Crippen LogP contribution in [0.4, 0.5) is 4.39 Å². The monoisotopic (exact) mass is 478 g/mol. The Morgan fingerprint density at radius 1 is 1.16 bits per heavy atom. The lowest BCUT2D eigenvalue weighted by Gasteiger charge is -2.31. The summed E-state index contributed by atoms with van der Waals surface area (Å²) in [5.41, 5.74) is 0. The Hall–Kier alpha value is -2.21. The van der Waals surface area contributed by atoms with E-state index in [-0.39, 0.29) is 47.3 Å². The molecule has 2 N–H and O–H groups in total. The third-order valence-electron chi connectivity index (χ3n) is 4.83. The predicted octanol–water partition coefficient (Wildman–Crippen LogP) is 0.804. The minimum absolute atomic E-state index is 0.0300. The van der Waals surface area contributed by atoms with Crippen LogP contribution in [-0.2, 0) is 29.4 Å². The Labute approximate surface area is 181 Å². The average molecular weight is 479 g/mol. The van der Waals surface area contributed by atoms with Gasteiger partial charge in [-0.3, -0.25) is 9.59 Å². The van der Waals surface area contributed by atoms with Gasteiger partial charge in [0.15, 0.2) is 16.0 Å². The lowest BCUT2D eigenvalue weighted by atomic mass is 10.1. The molecule has 2 unspecified atom stereocenters. The lowest BCUT2D eigenvalue weighted by Crippen LogP contribution is -2.50. The Balaban J connectivity index is 1.80. The van der Waals surface area contributed by atoms with Gasteiger partial charge in [0.2, 0.25) is 5.91 Å². The van der Waals surface area contributed by atoms with Crippen LogP contribution in [-0.4, -0.2) is 59.0 Å². The van der Waals surface area contributed by atoms with Crippen LogP contribution in [0.1, 0.15) is 27.2 Å². The van der Waals surface area contributed by atoms with Gasteiger partial charge in [0, 0.05) is 12.0 Å². The number of carbonyl (C=O) groups is 2. The molecule has 1 aromatic rings. The zero-order valence-corrected chi connectivity index (χ0v) is 19.1. The minimum atomic E-state index is -4.22. The third kappa shape index (κ3) is 7.17. The van der Waals surface area contributed by atoms with Crippen molar-refractivity contribution in [3.05, 3.63) is 24.3 Å². The fourth-order valence-corrected chi connectivity index (χ4v) is 5.64. The molecule has 9 nitrogen and oxygen atoms in total. The van der Waals surface area contributed by atoms with Gasteiger partial charge < -0.3 is 10.1 Å². The van der Waals surface area contributed by atoms with Crippen LogP contribution in [0.5, 0.6) is 5.75 Å². The number of rotatable bonds is 10.